The standard InChI is InChI=1S/C25H28N4O3S/c30-25(20-28-33(31,32)18-14-21-7-3-1-4-8-21)29-24(19-22-9-5-2-6-10-22)13-17-27-23-11-15-26-16-12-23/h1-12,14-16,18,24,28H,13,17,19-20H2,(H,26,27)(H,29,30)/t24-/m1/s1. The van der Waals surface area contributed by atoms with Crippen LogP contribution in [0.15, 0.2) is 90.6 Å². The van der Waals surface area contributed by atoms with E-state index in [1.165, 1.54) is 6.08 Å². The van der Waals surface area contributed by atoms with Crippen LogP contribution in [0.5, 0.6) is 0 Å². The number of hydrogen-bond donors (Lipinski definition) is 3. The van der Waals surface area contributed by atoms with Crippen LogP contribution in [0, 0.1) is 0 Å². The monoisotopic (exact) mass is 464 g/mol. The molecule has 2 aromatic carbocycles. The summed E-state index contributed by atoms with van der Waals surface area (Å²) in [5.74, 6) is -0.378. The third-order valence-corrected chi connectivity index (χ3v) is 5.91. The fourth-order valence-corrected chi connectivity index (χ4v) is 3.97. The summed E-state index contributed by atoms with van der Waals surface area (Å²) in [5.41, 5.74) is 2.81. The van der Waals surface area contributed by atoms with E-state index < -0.39 is 10.0 Å². The largest absolute Gasteiger partial charge is 0.385 e. The normalized spacial score (nSPS) is 12.4. The van der Waals surface area contributed by atoms with Crippen molar-refractivity contribution in [3.05, 3.63) is 102 Å². The lowest BCUT2D eigenvalue weighted by Crippen LogP contribution is -2.43. The second kappa shape index (κ2) is 12.5. The van der Waals surface area contributed by atoms with Gasteiger partial charge in [-0.3, -0.25) is 9.78 Å². The molecule has 7 nitrogen and oxygen atoms in total. The van der Waals surface area contributed by atoms with Gasteiger partial charge in [0.1, 0.15) is 0 Å². The van der Waals surface area contributed by atoms with Gasteiger partial charge in [-0.05, 0) is 42.2 Å². The van der Waals surface area contributed by atoms with Crippen LogP contribution in [0.4, 0.5) is 5.69 Å². The quantitative estimate of drug-likeness (QED) is 0.382. The van der Waals surface area contributed by atoms with Crippen LogP contribution in [0.2, 0.25) is 0 Å². The number of carbonyl (C=O) groups excluding carboxylic acids is 1. The highest BCUT2D eigenvalue weighted by Crippen LogP contribution is 2.08. The number of nitrogens with zero attached hydrogens (tertiary/aromatic N) is 1. The molecule has 0 saturated heterocycles. The topological polar surface area (TPSA) is 100 Å². The molecule has 0 unspecified atom stereocenters. The van der Waals surface area contributed by atoms with Crippen molar-refractivity contribution >= 4 is 27.7 Å². The average molecular weight is 465 g/mol. The molecule has 1 amide bonds. The lowest BCUT2D eigenvalue weighted by atomic mass is 10.0. The van der Waals surface area contributed by atoms with Crippen LogP contribution >= 0.6 is 0 Å². The molecular weight excluding hydrogens is 436 g/mol. The van der Waals surface area contributed by atoms with Crippen molar-refractivity contribution in [2.24, 2.45) is 0 Å². The van der Waals surface area contributed by atoms with Crippen LogP contribution in [-0.2, 0) is 21.2 Å². The number of aromatic nitrogens is 1. The van der Waals surface area contributed by atoms with Crippen molar-refractivity contribution in [3.8, 4) is 0 Å². The van der Waals surface area contributed by atoms with E-state index in [1.807, 2.05) is 60.7 Å². The van der Waals surface area contributed by atoms with Gasteiger partial charge in [0.15, 0.2) is 0 Å². The first-order chi connectivity index (χ1) is 16.0. The molecule has 3 N–H and O–H groups in total. The summed E-state index contributed by atoms with van der Waals surface area (Å²) in [6, 6.07) is 22.6. The maximum atomic E-state index is 12.5. The number of hydrogen-bond acceptors (Lipinski definition) is 5. The van der Waals surface area contributed by atoms with E-state index in [0.29, 0.717) is 19.4 Å². The molecule has 0 radical (unpaired) electrons. The highest BCUT2D eigenvalue weighted by Gasteiger charge is 2.15. The number of sulfonamides is 1. The summed E-state index contributed by atoms with van der Waals surface area (Å²) in [6.07, 6.45) is 6.23. The highest BCUT2D eigenvalue weighted by atomic mass is 32.2. The summed E-state index contributed by atoms with van der Waals surface area (Å²) in [6.45, 7) is 0.317. The number of anilines is 1. The lowest BCUT2D eigenvalue weighted by Gasteiger charge is -2.20. The molecule has 1 atom stereocenters. The zero-order valence-corrected chi connectivity index (χ0v) is 19.0. The lowest BCUT2D eigenvalue weighted by molar-refractivity contribution is -0.120. The predicted molar refractivity (Wildman–Crippen MR) is 132 cm³/mol. The van der Waals surface area contributed by atoms with Crippen LogP contribution in [-0.4, -0.2) is 38.4 Å². The number of pyridine rings is 1. The van der Waals surface area contributed by atoms with Crippen molar-refractivity contribution in [1.29, 1.82) is 0 Å². The Kier molecular flexibility index (Phi) is 9.17. The van der Waals surface area contributed by atoms with Gasteiger partial charge in [-0.25, -0.2) is 13.1 Å². The smallest absolute Gasteiger partial charge is 0.235 e. The summed E-state index contributed by atoms with van der Waals surface area (Å²) >= 11 is 0. The fourth-order valence-electron chi connectivity index (χ4n) is 3.21. The van der Waals surface area contributed by atoms with E-state index in [-0.39, 0.29) is 18.5 Å². The maximum absolute atomic E-state index is 12.5. The zero-order valence-electron chi connectivity index (χ0n) is 18.2. The Hall–Kier alpha value is -3.49. The van der Waals surface area contributed by atoms with Gasteiger partial charge in [0.05, 0.1) is 6.54 Å². The van der Waals surface area contributed by atoms with Crippen molar-refractivity contribution in [1.82, 2.24) is 15.0 Å². The molecule has 0 bridgehead atoms. The van der Waals surface area contributed by atoms with Gasteiger partial charge in [-0.15, -0.1) is 0 Å². The Morgan fingerprint density at radius 3 is 2.30 bits per heavy atom. The second-order valence-electron chi connectivity index (χ2n) is 7.49. The minimum absolute atomic E-state index is 0.154. The Morgan fingerprint density at radius 2 is 1.61 bits per heavy atom. The van der Waals surface area contributed by atoms with E-state index >= 15 is 0 Å². The van der Waals surface area contributed by atoms with E-state index in [0.717, 1.165) is 22.2 Å². The molecule has 0 spiro atoms. The molecule has 0 saturated carbocycles. The number of benzene rings is 2. The van der Waals surface area contributed by atoms with E-state index in [4.69, 9.17) is 0 Å². The molecule has 0 aliphatic heterocycles. The first kappa shape index (κ1) is 24.2. The molecule has 3 aromatic rings. The third kappa shape index (κ3) is 9.26. The molecule has 1 heterocycles. The maximum Gasteiger partial charge on any atom is 0.235 e. The first-order valence-corrected chi connectivity index (χ1v) is 12.2. The second-order valence-corrected chi connectivity index (χ2v) is 9.14. The summed E-state index contributed by atoms with van der Waals surface area (Å²) in [5, 5.41) is 7.33. The molecule has 172 valence electrons. The van der Waals surface area contributed by atoms with Crippen LogP contribution < -0.4 is 15.4 Å². The van der Waals surface area contributed by atoms with Gasteiger partial charge < -0.3 is 10.6 Å². The van der Waals surface area contributed by atoms with Gasteiger partial charge in [-0.2, -0.15) is 0 Å². The molecule has 1 aromatic heterocycles. The van der Waals surface area contributed by atoms with Crippen molar-refractivity contribution < 1.29 is 13.2 Å². The molecule has 8 heteroatoms. The van der Waals surface area contributed by atoms with Gasteiger partial charge in [-0.1, -0.05) is 60.7 Å². The number of nitrogens with one attached hydrogen (secondary N) is 3. The molecule has 0 fully saturated rings. The summed E-state index contributed by atoms with van der Waals surface area (Å²) < 4.78 is 26.8. The predicted octanol–water partition coefficient (Wildman–Crippen LogP) is 3.20. The fraction of sp³-hybridized carbons (Fsp3) is 0.200. The van der Waals surface area contributed by atoms with E-state index in [9.17, 15) is 13.2 Å². The Morgan fingerprint density at radius 1 is 0.939 bits per heavy atom. The van der Waals surface area contributed by atoms with E-state index in [2.05, 4.69) is 20.3 Å². The van der Waals surface area contributed by atoms with Crippen molar-refractivity contribution in [2.45, 2.75) is 18.9 Å². The zero-order chi connectivity index (χ0) is 23.4. The average Bonchev–Trinajstić information content (AvgIpc) is 2.84. The molecular formula is C25H28N4O3S. The van der Waals surface area contributed by atoms with Gasteiger partial charge in [0, 0.05) is 36.1 Å². The highest BCUT2D eigenvalue weighted by molar-refractivity contribution is 7.92. The minimum Gasteiger partial charge on any atom is -0.385 e. The number of amides is 1. The van der Waals surface area contributed by atoms with Gasteiger partial charge in [0.25, 0.3) is 0 Å². The third-order valence-electron chi connectivity index (χ3n) is 4.87. The van der Waals surface area contributed by atoms with E-state index in [1.54, 1.807) is 24.5 Å². The minimum atomic E-state index is -3.73. The number of rotatable bonds is 12. The SMILES string of the molecule is O=C(CNS(=O)(=O)C=Cc1ccccc1)N[C@H](CCNc1ccncc1)Cc1ccccc1. The van der Waals surface area contributed by atoms with Gasteiger partial charge >= 0.3 is 0 Å². The molecule has 0 aliphatic carbocycles. The molecule has 33 heavy (non-hydrogen) atoms. The Balaban J connectivity index is 1.53. The van der Waals surface area contributed by atoms with Crippen LogP contribution in [0.1, 0.15) is 17.5 Å². The van der Waals surface area contributed by atoms with Crippen molar-refractivity contribution in [3.63, 3.8) is 0 Å². The molecule has 3 rings (SSSR count). The first-order valence-electron chi connectivity index (χ1n) is 10.7. The van der Waals surface area contributed by atoms with Crippen LogP contribution in [0.3, 0.4) is 0 Å². The summed E-state index contributed by atoms with van der Waals surface area (Å²) in [7, 11) is -3.73. The Bertz CT molecular complexity index is 1120. The Labute approximate surface area is 195 Å². The molecule has 0 aliphatic rings. The van der Waals surface area contributed by atoms with Gasteiger partial charge in [0.2, 0.25) is 15.9 Å². The summed E-state index contributed by atoms with van der Waals surface area (Å²) in [4.78, 5) is 16.5. The van der Waals surface area contributed by atoms with Crippen molar-refractivity contribution in [2.75, 3.05) is 18.4 Å². The number of carbonyl (C=O) groups is 1. The van der Waals surface area contributed by atoms with Crippen LogP contribution in [0.25, 0.3) is 6.08 Å².